The molecule has 0 spiro atoms. The highest BCUT2D eigenvalue weighted by atomic mass is 19.2. The van der Waals surface area contributed by atoms with Crippen molar-refractivity contribution in [3.8, 4) is 0 Å². The molecule has 1 aliphatic heterocycles. The van der Waals surface area contributed by atoms with Crippen LogP contribution in [0.15, 0.2) is 12.1 Å². The molecule has 0 bridgehead atoms. The van der Waals surface area contributed by atoms with Gasteiger partial charge in [0.05, 0.1) is 0 Å². The normalized spacial score (nSPS) is 20.9. The molecule has 1 heterocycles. The Kier molecular flexibility index (Phi) is 2.95. The van der Waals surface area contributed by atoms with E-state index in [0.29, 0.717) is 0 Å². The van der Waals surface area contributed by atoms with Crippen LogP contribution in [0.3, 0.4) is 0 Å². The Bertz CT molecular complexity index is 359. The average molecular weight is 215 g/mol. The molecule has 15 heavy (non-hydrogen) atoms. The molecule has 0 radical (unpaired) electrons. The summed E-state index contributed by atoms with van der Waals surface area (Å²) in [6, 6.07) is 1.86. The van der Waals surface area contributed by atoms with E-state index < -0.39 is 17.5 Å². The van der Waals surface area contributed by atoms with Gasteiger partial charge in [-0.2, -0.15) is 0 Å². The van der Waals surface area contributed by atoms with Gasteiger partial charge in [-0.1, -0.05) is 0 Å². The molecule has 0 aromatic heterocycles. The van der Waals surface area contributed by atoms with Crippen LogP contribution in [0.2, 0.25) is 0 Å². The van der Waals surface area contributed by atoms with Crippen molar-refractivity contribution in [3.05, 3.63) is 35.1 Å². The van der Waals surface area contributed by atoms with E-state index in [4.69, 9.17) is 0 Å². The largest absolute Gasteiger partial charge is 0.314 e. The Balaban J connectivity index is 2.22. The Labute approximate surface area is 86.3 Å². The Morgan fingerprint density at radius 1 is 1.20 bits per heavy atom. The second-order valence-electron chi connectivity index (χ2n) is 3.82. The number of hydrogen-bond donors (Lipinski definition) is 1. The van der Waals surface area contributed by atoms with E-state index in [1.807, 2.05) is 0 Å². The summed E-state index contributed by atoms with van der Waals surface area (Å²) in [6.45, 7) is 0.864. The van der Waals surface area contributed by atoms with Crippen LogP contribution in [-0.4, -0.2) is 12.6 Å². The molecular formula is C11H12F3N. The third kappa shape index (κ3) is 2.15. The first kappa shape index (κ1) is 10.5. The predicted molar refractivity (Wildman–Crippen MR) is 51.0 cm³/mol. The molecule has 1 saturated heterocycles. The first-order valence-electron chi connectivity index (χ1n) is 5.04. The van der Waals surface area contributed by atoms with Gasteiger partial charge >= 0.3 is 0 Å². The van der Waals surface area contributed by atoms with Gasteiger partial charge in [0, 0.05) is 11.6 Å². The fourth-order valence-electron chi connectivity index (χ4n) is 1.93. The van der Waals surface area contributed by atoms with E-state index in [2.05, 4.69) is 5.32 Å². The fourth-order valence-corrected chi connectivity index (χ4v) is 1.93. The minimum Gasteiger partial charge on any atom is -0.314 e. The zero-order valence-corrected chi connectivity index (χ0v) is 8.19. The molecule has 1 N–H and O–H groups in total. The molecule has 1 atom stereocenters. The van der Waals surface area contributed by atoms with Crippen LogP contribution in [0.5, 0.6) is 0 Å². The molecule has 1 fully saturated rings. The highest BCUT2D eigenvalue weighted by Crippen LogP contribution is 2.20. The molecule has 1 aromatic carbocycles. The molecule has 1 nitrogen and oxygen atoms in total. The second-order valence-corrected chi connectivity index (χ2v) is 3.82. The van der Waals surface area contributed by atoms with E-state index in [9.17, 15) is 13.2 Å². The van der Waals surface area contributed by atoms with Crippen LogP contribution in [0.1, 0.15) is 18.4 Å². The summed E-state index contributed by atoms with van der Waals surface area (Å²) in [6.07, 6.45) is 2.11. The summed E-state index contributed by atoms with van der Waals surface area (Å²) in [7, 11) is 0. The number of halogens is 3. The van der Waals surface area contributed by atoms with E-state index in [1.165, 1.54) is 0 Å². The maximum Gasteiger partial charge on any atom is 0.164 e. The van der Waals surface area contributed by atoms with Crippen molar-refractivity contribution in [2.75, 3.05) is 6.54 Å². The van der Waals surface area contributed by atoms with Crippen molar-refractivity contribution < 1.29 is 13.2 Å². The van der Waals surface area contributed by atoms with Gasteiger partial charge in [-0.15, -0.1) is 0 Å². The van der Waals surface area contributed by atoms with E-state index in [-0.39, 0.29) is 18.0 Å². The quantitative estimate of drug-likeness (QED) is 0.747. The van der Waals surface area contributed by atoms with Gasteiger partial charge in [0.1, 0.15) is 5.82 Å². The first-order chi connectivity index (χ1) is 7.18. The molecule has 2 rings (SSSR count). The molecule has 82 valence electrons. The van der Waals surface area contributed by atoms with Crippen molar-refractivity contribution in [1.29, 1.82) is 0 Å². The van der Waals surface area contributed by atoms with Gasteiger partial charge in [0.2, 0.25) is 0 Å². The minimum absolute atomic E-state index is 0.0656. The highest BCUT2D eigenvalue weighted by Gasteiger charge is 2.20. The van der Waals surface area contributed by atoms with Gasteiger partial charge in [0.25, 0.3) is 0 Å². The van der Waals surface area contributed by atoms with Gasteiger partial charge < -0.3 is 5.32 Å². The third-order valence-corrected chi connectivity index (χ3v) is 2.75. The van der Waals surface area contributed by atoms with Gasteiger partial charge in [-0.3, -0.25) is 0 Å². The highest BCUT2D eigenvalue weighted by molar-refractivity contribution is 5.22. The number of hydrogen-bond acceptors (Lipinski definition) is 1. The smallest absolute Gasteiger partial charge is 0.164 e. The van der Waals surface area contributed by atoms with Crippen LogP contribution >= 0.6 is 0 Å². The maximum atomic E-state index is 13.3. The molecular weight excluding hydrogens is 203 g/mol. The average Bonchev–Trinajstić information content (AvgIpc) is 2.71. The topological polar surface area (TPSA) is 12.0 Å². The van der Waals surface area contributed by atoms with Crippen LogP contribution in [-0.2, 0) is 6.42 Å². The van der Waals surface area contributed by atoms with Crippen LogP contribution in [0, 0.1) is 17.5 Å². The monoisotopic (exact) mass is 215 g/mol. The minimum atomic E-state index is -1.05. The van der Waals surface area contributed by atoms with Gasteiger partial charge in [-0.25, -0.2) is 13.2 Å². The summed E-state index contributed by atoms with van der Waals surface area (Å²) in [5, 5.41) is 3.12. The molecule has 1 aliphatic rings. The lowest BCUT2D eigenvalue weighted by atomic mass is 10.0. The molecule has 1 aromatic rings. The van der Waals surface area contributed by atoms with Crippen LogP contribution < -0.4 is 5.32 Å². The molecule has 0 aliphatic carbocycles. The lowest BCUT2D eigenvalue weighted by Gasteiger charge is -2.11. The van der Waals surface area contributed by atoms with Gasteiger partial charge in [0.15, 0.2) is 11.6 Å². The number of rotatable bonds is 2. The van der Waals surface area contributed by atoms with E-state index >= 15 is 0 Å². The van der Waals surface area contributed by atoms with Crippen molar-refractivity contribution in [1.82, 2.24) is 5.32 Å². The van der Waals surface area contributed by atoms with Crippen molar-refractivity contribution >= 4 is 0 Å². The predicted octanol–water partition coefficient (Wildman–Crippen LogP) is 2.40. The van der Waals surface area contributed by atoms with E-state index in [0.717, 1.165) is 31.5 Å². The van der Waals surface area contributed by atoms with Crippen LogP contribution in [0.4, 0.5) is 13.2 Å². The summed E-state index contributed by atoms with van der Waals surface area (Å²) in [4.78, 5) is 0. The first-order valence-corrected chi connectivity index (χ1v) is 5.04. The number of benzene rings is 1. The molecule has 0 amide bonds. The zero-order valence-electron chi connectivity index (χ0n) is 8.19. The Morgan fingerprint density at radius 3 is 2.60 bits per heavy atom. The van der Waals surface area contributed by atoms with Crippen molar-refractivity contribution in [3.63, 3.8) is 0 Å². The third-order valence-electron chi connectivity index (χ3n) is 2.75. The summed E-state index contributed by atoms with van der Waals surface area (Å²) >= 11 is 0. The van der Waals surface area contributed by atoms with E-state index in [1.54, 1.807) is 0 Å². The lowest BCUT2D eigenvalue weighted by molar-refractivity contribution is 0.466. The summed E-state index contributed by atoms with van der Waals surface area (Å²) in [5.41, 5.74) is -0.144. The van der Waals surface area contributed by atoms with Crippen molar-refractivity contribution in [2.45, 2.75) is 25.3 Å². The van der Waals surface area contributed by atoms with Crippen LogP contribution in [0.25, 0.3) is 0 Å². The SMILES string of the molecule is Fc1ccc(F)c(CC2CCCN2)c1F. The van der Waals surface area contributed by atoms with Gasteiger partial charge in [-0.05, 0) is 37.9 Å². The number of nitrogens with one attached hydrogen (secondary N) is 1. The fraction of sp³-hybridized carbons (Fsp3) is 0.455. The summed E-state index contributed by atoms with van der Waals surface area (Å²) in [5.74, 6) is -2.70. The standard InChI is InChI=1S/C11H12F3N/c12-9-3-4-10(13)11(14)8(9)6-7-2-1-5-15-7/h3-4,7,15H,1-2,5-6H2. The second kappa shape index (κ2) is 4.23. The summed E-state index contributed by atoms with van der Waals surface area (Å²) < 4.78 is 39.4. The molecule has 0 saturated carbocycles. The zero-order chi connectivity index (χ0) is 10.8. The maximum absolute atomic E-state index is 13.3. The Hall–Kier alpha value is -1.03. The Morgan fingerprint density at radius 2 is 1.93 bits per heavy atom. The lowest BCUT2D eigenvalue weighted by Crippen LogP contribution is -2.24. The van der Waals surface area contributed by atoms with Crippen molar-refractivity contribution in [2.24, 2.45) is 0 Å². The molecule has 1 unspecified atom stereocenters. The molecule has 4 heteroatoms.